The summed E-state index contributed by atoms with van der Waals surface area (Å²) in [5, 5.41) is 2.82. The van der Waals surface area contributed by atoms with E-state index in [0.717, 1.165) is 5.56 Å². The Hall–Kier alpha value is -3.69. The van der Waals surface area contributed by atoms with Gasteiger partial charge in [0.15, 0.2) is 5.03 Å². The van der Waals surface area contributed by atoms with Crippen molar-refractivity contribution in [3.63, 3.8) is 0 Å². The predicted octanol–water partition coefficient (Wildman–Crippen LogP) is 4.18. The summed E-state index contributed by atoms with van der Waals surface area (Å²) in [6.07, 6.45) is 1.40. The van der Waals surface area contributed by atoms with Crippen molar-refractivity contribution in [3.05, 3.63) is 89.7 Å². The van der Waals surface area contributed by atoms with Crippen molar-refractivity contribution in [2.75, 3.05) is 10.0 Å². The van der Waals surface area contributed by atoms with Crippen LogP contribution in [0.15, 0.2) is 84.0 Å². The van der Waals surface area contributed by atoms with E-state index in [1.807, 2.05) is 30.3 Å². The zero-order chi connectivity index (χ0) is 21.8. The zero-order valence-electron chi connectivity index (χ0n) is 15.9. The van der Waals surface area contributed by atoms with Gasteiger partial charge in [-0.05, 0) is 36.4 Å². The van der Waals surface area contributed by atoms with Gasteiger partial charge in [0.2, 0.25) is 0 Å². The Kier molecular flexibility index (Phi) is 5.70. The van der Waals surface area contributed by atoms with Gasteiger partial charge in [-0.15, -0.1) is 0 Å². The molecule has 0 saturated heterocycles. The Morgan fingerprint density at radius 3 is 2.42 bits per heavy atom. The Bertz CT molecular complexity index is 1320. The van der Waals surface area contributed by atoms with Crippen molar-refractivity contribution < 1.29 is 13.2 Å². The van der Waals surface area contributed by atoms with Crippen LogP contribution in [-0.4, -0.2) is 29.3 Å². The van der Waals surface area contributed by atoms with Gasteiger partial charge in [-0.25, -0.2) is 9.97 Å². The summed E-state index contributed by atoms with van der Waals surface area (Å²) in [5.74, 6) is 0.129. The van der Waals surface area contributed by atoms with Crippen molar-refractivity contribution in [1.29, 1.82) is 0 Å². The van der Waals surface area contributed by atoms with Crippen LogP contribution in [0.1, 0.15) is 10.5 Å². The minimum absolute atomic E-state index is 0.0832. The second kappa shape index (κ2) is 8.58. The number of nitrogens with zero attached hydrogens (tertiary/aromatic N) is 2. The summed E-state index contributed by atoms with van der Waals surface area (Å²) in [5.41, 5.74) is 1.39. The molecule has 2 aromatic carbocycles. The van der Waals surface area contributed by atoms with Crippen molar-refractivity contribution in [2.45, 2.75) is 5.03 Å². The number of imidazole rings is 1. The fourth-order valence-electron chi connectivity index (χ4n) is 2.72. The van der Waals surface area contributed by atoms with Gasteiger partial charge in [-0.3, -0.25) is 9.52 Å². The monoisotopic (exact) mass is 453 g/mol. The molecule has 2 heterocycles. The molecule has 0 saturated carbocycles. The van der Waals surface area contributed by atoms with Gasteiger partial charge < -0.3 is 10.3 Å². The molecule has 0 aliphatic rings. The van der Waals surface area contributed by atoms with Crippen LogP contribution in [0, 0.1) is 0 Å². The van der Waals surface area contributed by atoms with Crippen LogP contribution < -0.4 is 10.0 Å². The second-order valence-corrected chi connectivity index (χ2v) is 8.50. The first-order valence-corrected chi connectivity index (χ1v) is 10.9. The second-order valence-electron chi connectivity index (χ2n) is 6.44. The molecule has 0 unspecified atom stereocenters. The van der Waals surface area contributed by atoms with Gasteiger partial charge in [0.05, 0.1) is 6.20 Å². The minimum atomic E-state index is -3.96. The van der Waals surface area contributed by atoms with Crippen molar-refractivity contribution >= 4 is 39.0 Å². The van der Waals surface area contributed by atoms with Gasteiger partial charge >= 0.3 is 0 Å². The molecule has 31 heavy (non-hydrogen) atoms. The molecule has 8 nitrogen and oxygen atoms in total. The fourth-order valence-corrected chi connectivity index (χ4v) is 3.88. The number of aromatic amines is 1. The number of aromatic nitrogens is 3. The quantitative estimate of drug-likeness (QED) is 0.405. The van der Waals surface area contributed by atoms with E-state index in [1.165, 1.54) is 36.5 Å². The molecule has 4 aromatic rings. The van der Waals surface area contributed by atoms with Crippen LogP contribution in [0.2, 0.25) is 5.02 Å². The summed E-state index contributed by atoms with van der Waals surface area (Å²) >= 11 is 5.82. The Morgan fingerprint density at radius 1 is 0.935 bits per heavy atom. The Labute approximate surface area is 183 Å². The molecule has 0 fully saturated rings. The number of benzene rings is 2. The highest BCUT2D eigenvalue weighted by Crippen LogP contribution is 2.19. The lowest BCUT2D eigenvalue weighted by atomic mass is 10.2. The zero-order valence-corrected chi connectivity index (χ0v) is 17.5. The first-order valence-electron chi connectivity index (χ1n) is 9.08. The molecule has 156 valence electrons. The number of pyridine rings is 1. The molecule has 2 aromatic heterocycles. The number of rotatable bonds is 6. The van der Waals surface area contributed by atoms with E-state index in [1.54, 1.807) is 12.1 Å². The average molecular weight is 454 g/mol. The van der Waals surface area contributed by atoms with E-state index in [4.69, 9.17) is 11.6 Å². The molecule has 0 aliphatic carbocycles. The SMILES string of the molecule is O=C(Nc1cccc(S(=O)(=O)Nc2ccc(Cl)cc2)n1)c1cnc(-c2ccccc2)[nH]1. The van der Waals surface area contributed by atoms with Gasteiger partial charge in [-0.2, -0.15) is 8.42 Å². The van der Waals surface area contributed by atoms with E-state index < -0.39 is 15.9 Å². The van der Waals surface area contributed by atoms with Gasteiger partial charge in [0, 0.05) is 16.3 Å². The minimum Gasteiger partial charge on any atom is -0.334 e. The normalized spacial score (nSPS) is 11.1. The maximum absolute atomic E-state index is 12.6. The van der Waals surface area contributed by atoms with Crippen LogP contribution in [-0.2, 0) is 10.0 Å². The average Bonchev–Trinajstić information content (AvgIpc) is 3.27. The van der Waals surface area contributed by atoms with E-state index >= 15 is 0 Å². The van der Waals surface area contributed by atoms with E-state index in [0.29, 0.717) is 16.5 Å². The summed E-state index contributed by atoms with van der Waals surface area (Å²) < 4.78 is 27.7. The third-order valence-electron chi connectivity index (χ3n) is 4.20. The number of H-pyrrole nitrogens is 1. The first kappa shape index (κ1) is 20.6. The molecular formula is C21H16ClN5O3S. The Balaban J connectivity index is 1.50. The number of carbonyl (C=O) groups is 1. The van der Waals surface area contributed by atoms with Crippen LogP contribution in [0.25, 0.3) is 11.4 Å². The molecule has 1 amide bonds. The number of sulfonamides is 1. The molecule has 0 bridgehead atoms. The highest BCUT2D eigenvalue weighted by molar-refractivity contribution is 7.92. The number of anilines is 2. The highest BCUT2D eigenvalue weighted by Gasteiger charge is 2.18. The number of hydrogen-bond acceptors (Lipinski definition) is 5. The number of carbonyl (C=O) groups excluding carboxylic acids is 1. The largest absolute Gasteiger partial charge is 0.334 e. The van der Waals surface area contributed by atoms with Crippen molar-refractivity contribution in [1.82, 2.24) is 15.0 Å². The van der Waals surface area contributed by atoms with Crippen LogP contribution in [0.5, 0.6) is 0 Å². The lowest BCUT2D eigenvalue weighted by Crippen LogP contribution is -2.17. The number of halogens is 1. The van der Waals surface area contributed by atoms with E-state index in [-0.39, 0.29) is 16.5 Å². The number of hydrogen-bond donors (Lipinski definition) is 3. The third-order valence-corrected chi connectivity index (χ3v) is 5.74. The Morgan fingerprint density at radius 2 is 1.68 bits per heavy atom. The lowest BCUT2D eigenvalue weighted by molar-refractivity contribution is 0.102. The lowest BCUT2D eigenvalue weighted by Gasteiger charge is -2.09. The van der Waals surface area contributed by atoms with Crippen LogP contribution in [0.4, 0.5) is 11.5 Å². The van der Waals surface area contributed by atoms with E-state index in [9.17, 15) is 13.2 Å². The summed E-state index contributed by atoms with van der Waals surface area (Å²) in [6.45, 7) is 0. The first-order chi connectivity index (χ1) is 14.9. The maximum Gasteiger partial charge on any atom is 0.279 e. The smallest absolute Gasteiger partial charge is 0.279 e. The molecule has 0 atom stereocenters. The number of amides is 1. The summed E-state index contributed by atoms with van der Waals surface area (Å²) in [6, 6.07) is 19.9. The third kappa shape index (κ3) is 4.90. The number of nitrogens with one attached hydrogen (secondary N) is 3. The van der Waals surface area contributed by atoms with Gasteiger partial charge in [0.25, 0.3) is 15.9 Å². The standard InChI is InChI=1S/C21H16ClN5O3S/c22-15-9-11-16(12-10-15)27-31(29,30)19-8-4-7-18(25-19)26-21(28)17-13-23-20(24-17)14-5-2-1-3-6-14/h1-13,27H,(H,23,24)(H,25,26,28). The summed E-state index contributed by atoms with van der Waals surface area (Å²) in [4.78, 5) is 23.7. The molecule has 4 rings (SSSR count). The van der Waals surface area contributed by atoms with Crippen molar-refractivity contribution in [3.8, 4) is 11.4 Å². The predicted molar refractivity (Wildman–Crippen MR) is 118 cm³/mol. The van der Waals surface area contributed by atoms with Crippen molar-refractivity contribution in [2.24, 2.45) is 0 Å². The molecule has 3 N–H and O–H groups in total. The van der Waals surface area contributed by atoms with Crippen LogP contribution >= 0.6 is 11.6 Å². The molecular weight excluding hydrogens is 438 g/mol. The maximum atomic E-state index is 12.6. The topological polar surface area (TPSA) is 117 Å². The van der Waals surface area contributed by atoms with Crippen LogP contribution in [0.3, 0.4) is 0 Å². The van der Waals surface area contributed by atoms with Gasteiger partial charge in [0.1, 0.15) is 17.3 Å². The summed E-state index contributed by atoms with van der Waals surface area (Å²) in [7, 11) is -3.96. The molecule has 0 spiro atoms. The fraction of sp³-hybridized carbons (Fsp3) is 0. The molecule has 10 heteroatoms. The molecule has 0 radical (unpaired) electrons. The molecule has 0 aliphatic heterocycles. The highest BCUT2D eigenvalue weighted by atomic mass is 35.5. The van der Waals surface area contributed by atoms with Gasteiger partial charge in [-0.1, -0.05) is 48.0 Å². The van der Waals surface area contributed by atoms with E-state index in [2.05, 4.69) is 25.0 Å².